The van der Waals surface area contributed by atoms with Gasteiger partial charge in [0.2, 0.25) is 5.91 Å². The van der Waals surface area contributed by atoms with Crippen molar-refractivity contribution in [2.45, 2.75) is 44.5 Å². The summed E-state index contributed by atoms with van der Waals surface area (Å²) in [6.45, 7) is 6.59. The summed E-state index contributed by atoms with van der Waals surface area (Å²) >= 11 is 0. The second kappa shape index (κ2) is 15.1. The monoisotopic (exact) mass is 571 g/mol. The van der Waals surface area contributed by atoms with Gasteiger partial charge in [-0.15, -0.1) is 0 Å². The van der Waals surface area contributed by atoms with Crippen molar-refractivity contribution in [3.05, 3.63) is 35.9 Å². The highest BCUT2D eigenvalue weighted by Gasteiger charge is 2.40. The molecule has 0 aliphatic carbocycles. The zero-order valence-electron chi connectivity index (χ0n) is 21.9. The average Bonchev–Trinajstić information content (AvgIpc) is 2.84. The number of piperidine rings is 2. The maximum atomic E-state index is 12.7. The zero-order valence-corrected chi connectivity index (χ0v) is 21.9. The molecule has 2 fully saturated rings. The minimum absolute atomic E-state index is 0.306. The Kier molecular flexibility index (Phi) is 13.2. The van der Waals surface area contributed by atoms with E-state index in [9.17, 15) is 31.1 Å². The summed E-state index contributed by atoms with van der Waals surface area (Å²) in [4.78, 5) is 37.5. The highest BCUT2D eigenvalue weighted by Crippen LogP contribution is 2.40. The Hall–Kier alpha value is -2.87. The quantitative estimate of drug-likeness (QED) is 0.519. The highest BCUT2D eigenvalue weighted by atomic mass is 19.4. The van der Waals surface area contributed by atoms with Gasteiger partial charge in [-0.3, -0.25) is 4.79 Å². The topological polar surface area (TPSA) is 101 Å². The number of hydrogen-bond acceptors (Lipinski definition) is 5. The van der Waals surface area contributed by atoms with Crippen LogP contribution in [0.4, 0.5) is 26.3 Å². The average molecular weight is 572 g/mol. The fraction of sp³-hybridized carbons (Fsp3) is 0.640. The van der Waals surface area contributed by atoms with Crippen molar-refractivity contribution in [2.24, 2.45) is 5.41 Å². The molecular formula is C25H35F6N3O5. The van der Waals surface area contributed by atoms with Gasteiger partial charge in [0.25, 0.3) is 0 Å². The van der Waals surface area contributed by atoms with Gasteiger partial charge in [0.15, 0.2) is 0 Å². The number of likely N-dealkylation sites (N-methyl/N-ethyl adjacent to an activating group) is 1. The molecule has 0 saturated carbocycles. The SMILES string of the molecule is CN(C)CCN1CCC2(CCCN(C(=O)Cc3ccccc3)C2)CC1.O=C(O)C(F)(F)F.O=C(O)C(F)(F)F. The lowest BCUT2D eigenvalue weighted by atomic mass is 9.72. The van der Waals surface area contributed by atoms with E-state index >= 15 is 0 Å². The summed E-state index contributed by atoms with van der Waals surface area (Å²) in [6.07, 6.45) is -4.67. The van der Waals surface area contributed by atoms with Crippen molar-refractivity contribution in [1.82, 2.24) is 14.7 Å². The first kappa shape index (κ1) is 34.2. The van der Waals surface area contributed by atoms with E-state index in [4.69, 9.17) is 19.8 Å². The fourth-order valence-corrected chi connectivity index (χ4v) is 4.30. The molecule has 2 heterocycles. The molecular weight excluding hydrogens is 536 g/mol. The third kappa shape index (κ3) is 13.2. The van der Waals surface area contributed by atoms with Crippen molar-refractivity contribution < 1.29 is 50.9 Å². The molecule has 1 aromatic rings. The third-order valence-electron chi connectivity index (χ3n) is 6.48. The summed E-state index contributed by atoms with van der Waals surface area (Å²) < 4.78 is 63.5. The predicted molar refractivity (Wildman–Crippen MR) is 130 cm³/mol. The van der Waals surface area contributed by atoms with E-state index in [0.717, 1.165) is 31.6 Å². The van der Waals surface area contributed by atoms with Gasteiger partial charge >= 0.3 is 24.3 Å². The van der Waals surface area contributed by atoms with Crippen LogP contribution in [0.25, 0.3) is 0 Å². The first-order valence-electron chi connectivity index (χ1n) is 12.2. The van der Waals surface area contributed by atoms with Crippen LogP contribution in [0.1, 0.15) is 31.2 Å². The molecule has 14 heteroatoms. The van der Waals surface area contributed by atoms with Gasteiger partial charge in [0.1, 0.15) is 0 Å². The van der Waals surface area contributed by atoms with E-state index in [1.807, 2.05) is 18.2 Å². The molecule has 2 N–H and O–H groups in total. The molecule has 0 atom stereocenters. The van der Waals surface area contributed by atoms with Gasteiger partial charge in [-0.05, 0) is 63.8 Å². The molecule has 2 aliphatic rings. The van der Waals surface area contributed by atoms with E-state index in [0.29, 0.717) is 17.7 Å². The van der Waals surface area contributed by atoms with Crippen LogP contribution in [-0.2, 0) is 20.8 Å². The summed E-state index contributed by atoms with van der Waals surface area (Å²) in [7, 11) is 4.28. The largest absolute Gasteiger partial charge is 0.490 e. The van der Waals surface area contributed by atoms with Gasteiger partial charge in [-0.1, -0.05) is 30.3 Å². The van der Waals surface area contributed by atoms with Gasteiger partial charge in [0, 0.05) is 26.2 Å². The number of rotatable bonds is 5. The van der Waals surface area contributed by atoms with E-state index in [1.54, 1.807) is 0 Å². The molecule has 1 aromatic carbocycles. The number of benzene rings is 1. The van der Waals surface area contributed by atoms with Crippen LogP contribution < -0.4 is 0 Å². The molecule has 0 aromatic heterocycles. The van der Waals surface area contributed by atoms with Crippen molar-refractivity contribution in [3.8, 4) is 0 Å². The van der Waals surface area contributed by atoms with Crippen molar-refractivity contribution in [1.29, 1.82) is 0 Å². The van der Waals surface area contributed by atoms with E-state index < -0.39 is 24.3 Å². The third-order valence-corrected chi connectivity index (χ3v) is 6.48. The van der Waals surface area contributed by atoms with Crippen LogP contribution >= 0.6 is 0 Å². The van der Waals surface area contributed by atoms with Crippen molar-refractivity contribution >= 4 is 17.8 Å². The summed E-state index contributed by atoms with van der Waals surface area (Å²) in [5, 5.41) is 14.2. The summed E-state index contributed by atoms with van der Waals surface area (Å²) in [6, 6.07) is 10.2. The van der Waals surface area contributed by atoms with Gasteiger partial charge in [-0.2, -0.15) is 26.3 Å². The molecule has 39 heavy (non-hydrogen) atoms. The highest BCUT2D eigenvalue weighted by molar-refractivity contribution is 5.79. The fourth-order valence-electron chi connectivity index (χ4n) is 4.30. The van der Waals surface area contributed by atoms with Crippen LogP contribution in [0.2, 0.25) is 0 Å². The number of carbonyl (C=O) groups is 3. The number of alkyl halides is 6. The van der Waals surface area contributed by atoms with Crippen LogP contribution in [0.5, 0.6) is 0 Å². The first-order valence-corrected chi connectivity index (χ1v) is 12.2. The Morgan fingerprint density at radius 1 is 0.872 bits per heavy atom. The predicted octanol–water partition coefficient (Wildman–Crippen LogP) is 3.76. The molecule has 0 bridgehead atoms. The van der Waals surface area contributed by atoms with Crippen LogP contribution in [0.15, 0.2) is 30.3 Å². The molecule has 2 saturated heterocycles. The molecule has 222 valence electrons. The van der Waals surface area contributed by atoms with Crippen LogP contribution in [-0.4, -0.2) is 108 Å². The Morgan fingerprint density at radius 2 is 1.36 bits per heavy atom. The molecule has 1 spiro atoms. The lowest BCUT2D eigenvalue weighted by Gasteiger charge is -2.48. The minimum Gasteiger partial charge on any atom is -0.475 e. The maximum absolute atomic E-state index is 12.7. The zero-order chi connectivity index (χ0) is 29.9. The number of amides is 1. The smallest absolute Gasteiger partial charge is 0.475 e. The molecule has 1 amide bonds. The van der Waals surface area contributed by atoms with Gasteiger partial charge in [0.05, 0.1) is 6.42 Å². The van der Waals surface area contributed by atoms with Gasteiger partial charge in [-0.25, -0.2) is 9.59 Å². The van der Waals surface area contributed by atoms with E-state index in [-0.39, 0.29) is 0 Å². The Labute approximate surface area is 223 Å². The second-order valence-electron chi connectivity index (χ2n) is 9.83. The van der Waals surface area contributed by atoms with E-state index in [1.165, 1.54) is 38.9 Å². The number of carbonyl (C=O) groups excluding carboxylic acids is 1. The first-order chi connectivity index (χ1) is 17.9. The Bertz CT molecular complexity index is 893. The number of carboxylic acids is 2. The second-order valence-corrected chi connectivity index (χ2v) is 9.83. The lowest BCUT2D eigenvalue weighted by Crippen LogP contribution is -2.52. The summed E-state index contributed by atoms with van der Waals surface area (Å²) in [5.74, 6) is -5.21. The maximum Gasteiger partial charge on any atom is 0.490 e. The van der Waals surface area contributed by atoms with Crippen molar-refractivity contribution in [3.63, 3.8) is 0 Å². The number of carboxylic acid groups (broad SMARTS) is 2. The molecule has 8 nitrogen and oxygen atoms in total. The van der Waals surface area contributed by atoms with E-state index in [2.05, 4.69) is 40.9 Å². The number of hydrogen-bond donors (Lipinski definition) is 2. The van der Waals surface area contributed by atoms with Crippen molar-refractivity contribution in [2.75, 3.05) is 53.4 Å². The Balaban J connectivity index is 0.000000449. The molecule has 0 radical (unpaired) electrons. The molecule has 2 aliphatic heterocycles. The summed E-state index contributed by atoms with van der Waals surface area (Å²) in [5.41, 5.74) is 1.50. The number of halogens is 6. The normalized spacial score (nSPS) is 17.5. The molecule has 3 rings (SSSR count). The van der Waals surface area contributed by atoms with Gasteiger partial charge < -0.3 is 24.9 Å². The number of likely N-dealkylation sites (tertiary alicyclic amines) is 2. The standard InChI is InChI=1S/C21H33N3O.2C2HF3O2/c1-22(2)15-16-23-13-10-21(11-14-23)9-6-12-24(18-21)20(25)17-19-7-4-3-5-8-19;2*3-2(4,5)1(6)7/h3-5,7-8H,6,9-18H2,1-2H3;2*(H,6,7). The lowest BCUT2D eigenvalue weighted by molar-refractivity contribution is -0.193. The Morgan fingerprint density at radius 3 is 1.79 bits per heavy atom. The minimum atomic E-state index is -5.08. The van der Waals surface area contributed by atoms with Crippen LogP contribution in [0, 0.1) is 5.41 Å². The molecule has 0 unspecified atom stereocenters. The van der Waals surface area contributed by atoms with Crippen LogP contribution in [0.3, 0.4) is 0 Å². The number of nitrogens with zero attached hydrogens (tertiary/aromatic N) is 3. The number of aliphatic carboxylic acids is 2.